The molecule has 30 heavy (non-hydrogen) atoms. The summed E-state index contributed by atoms with van der Waals surface area (Å²) in [5.74, 6) is -1.42. The summed E-state index contributed by atoms with van der Waals surface area (Å²) in [6.07, 6.45) is 1.85. The summed E-state index contributed by atoms with van der Waals surface area (Å²) < 4.78 is 0. The molecular formula is C21H22N4O4S. The van der Waals surface area contributed by atoms with Crippen LogP contribution in [0.15, 0.2) is 41.1 Å². The Balaban J connectivity index is 1.53. The smallest absolute Gasteiger partial charge is 0.325 e. The number of carbonyl (C=O) groups excluding carboxylic acids is 4. The molecular weight excluding hydrogens is 404 g/mol. The highest BCUT2D eigenvalue weighted by Crippen LogP contribution is 2.31. The Labute approximate surface area is 177 Å². The first kappa shape index (κ1) is 20.1. The van der Waals surface area contributed by atoms with E-state index in [2.05, 4.69) is 5.32 Å². The second kappa shape index (κ2) is 7.56. The number of nitrogens with zero attached hydrogens (tertiary/aromatic N) is 2. The summed E-state index contributed by atoms with van der Waals surface area (Å²) in [6.45, 7) is 1.70. The predicted molar refractivity (Wildman–Crippen MR) is 110 cm³/mol. The number of amides is 5. The minimum atomic E-state index is -1.37. The number of imide groups is 1. The SMILES string of the molecule is CC1(c2cccc(C(N)=O)c2)NC(=O)N(CC(=O)N(Cc2ccsc2)C2CC2)C1=O. The molecule has 1 aliphatic carbocycles. The van der Waals surface area contributed by atoms with E-state index in [4.69, 9.17) is 5.73 Å². The van der Waals surface area contributed by atoms with Crippen LogP contribution < -0.4 is 11.1 Å². The van der Waals surface area contributed by atoms with Gasteiger partial charge >= 0.3 is 6.03 Å². The molecule has 0 spiro atoms. The molecule has 1 atom stereocenters. The van der Waals surface area contributed by atoms with Gasteiger partial charge in [-0.05, 0) is 59.9 Å². The molecule has 1 aromatic carbocycles. The first-order valence-electron chi connectivity index (χ1n) is 9.64. The monoisotopic (exact) mass is 426 g/mol. The lowest BCUT2D eigenvalue weighted by Crippen LogP contribution is -2.45. The van der Waals surface area contributed by atoms with Gasteiger partial charge in [-0.3, -0.25) is 19.3 Å². The maximum absolute atomic E-state index is 13.1. The number of nitrogens with one attached hydrogen (secondary N) is 1. The van der Waals surface area contributed by atoms with E-state index in [9.17, 15) is 19.2 Å². The number of urea groups is 1. The van der Waals surface area contributed by atoms with Gasteiger partial charge in [0.25, 0.3) is 5.91 Å². The second-order valence-corrected chi connectivity index (χ2v) is 8.56. The number of carbonyl (C=O) groups is 4. The van der Waals surface area contributed by atoms with Crippen molar-refractivity contribution in [2.75, 3.05) is 6.54 Å². The highest BCUT2D eigenvalue weighted by Gasteiger charge is 2.50. The summed E-state index contributed by atoms with van der Waals surface area (Å²) in [4.78, 5) is 52.9. The second-order valence-electron chi connectivity index (χ2n) is 7.78. The van der Waals surface area contributed by atoms with Gasteiger partial charge in [0.1, 0.15) is 12.1 Å². The number of hydrogen-bond donors (Lipinski definition) is 2. The molecule has 2 aromatic rings. The van der Waals surface area contributed by atoms with Gasteiger partial charge in [0.05, 0.1) is 0 Å². The van der Waals surface area contributed by atoms with E-state index in [1.54, 1.807) is 35.3 Å². The Hall–Kier alpha value is -3.20. The van der Waals surface area contributed by atoms with Crippen molar-refractivity contribution in [1.29, 1.82) is 0 Å². The lowest BCUT2D eigenvalue weighted by atomic mass is 9.90. The van der Waals surface area contributed by atoms with Crippen molar-refractivity contribution in [3.63, 3.8) is 0 Å². The molecule has 1 saturated heterocycles. The molecule has 2 fully saturated rings. The minimum absolute atomic E-state index is 0.150. The zero-order valence-electron chi connectivity index (χ0n) is 16.5. The Kier molecular flexibility index (Phi) is 5.07. The molecule has 1 aliphatic heterocycles. The molecule has 1 saturated carbocycles. The van der Waals surface area contributed by atoms with Crippen molar-refractivity contribution in [1.82, 2.24) is 15.1 Å². The van der Waals surface area contributed by atoms with Crippen molar-refractivity contribution in [2.24, 2.45) is 5.73 Å². The van der Waals surface area contributed by atoms with Crippen LogP contribution in [0.25, 0.3) is 0 Å². The van der Waals surface area contributed by atoms with Crippen molar-refractivity contribution in [3.8, 4) is 0 Å². The van der Waals surface area contributed by atoms with Crippen LogP contribution in [-0.4, -0.2) is 46.1 Å². The first-order valence-corrected chi connectivity index (χ1v) is 10.6. The average molecular weight is 426 g/mol. The summed E-state index contributed by atoms with van der Waals surface area (Å²) >= 11 is 1.56. The third-order valence-electron chi connectivity index (χ3n) is 5.53. The van der Waals surface area contributed by atoms with Gasteiger partial charge in [0.15, 0.2) is 0 Å². The Morgan fingerprint density at radius 3 is 2.70 bits per heavy atom. The molecule has 3 N–H and O–H groups in total. The highest BCUT2D eigenvalue weighted by molar-refractivity contribution is 7.07. The van der Waals surface area contributed by atoms with E-state index in [-0.39, 0.29) is 24.1 Å². The number of hydrogen-bond acceptors (Lipinski definition) is 5. The zero-order chi connectivity index (χ0) is 21.5. The molecule has 4 rings (SSSR count). The predicted octanol–water partition coefficient (Wildman–Crippen LogP) is 1.81. The van der Waals surface area contributed by atoms with Gasteiger partial charge in [0, 0.05) is 18.2 Å². The number of benzene rings is 1. The molecule has 2 heterocycles. The average Bonchev–Trinajstić information content (AvgIpc) is 3.38. The lowest BCUT2D eigenvalue weighted by molar-refractivity contribution is -0.139. The van der Waals surface area contributed by atoms with Crippen LogP contribution in [-0.2, 0) is 21.7 Å². The quantitative estimate of drug-likeness (QED) is 0.658. The summed E-state index contributed by atoms with van der Waals surface area (Å²) in [5, 5.41) is 6.60. The van der Waals surface area contributed by atoms with Crippen molar-refractivity contribution < 1.29 is 19.2 Å². The Bertz CT molecular complexity index is 1020. The standard InChI is InChI=1S/C21H22N4O4S/c1-21(15-4-2-3-14(9-15)18(22)27)19(28)25(20(29)23-21)11-17(26)24(16-5-6-16)10-13-7-8-30-12-13/h2-4,7-9,12,16H,5-6,10-11H2,1H3,(H2,22,27)(H,23,29). The normalized spacial score (nSPS) is 20.9. The fourth-order valence-corrected chi connectivity index (χ4v) is 4.29. The van der Waals surface area contributed by atoms with E-state index < -0.39 is 23.4 Å². The maximum Gasteiger partial charge on any atom is 0.325 e. The van der Waals surface area contributed by atoms with Crippen LogP contribution >= 0.6 is 11.3 Å². The van der Waals surface area contributed by atoms with Gasteiger partial charge in [-0.2, -0.15) is 11.3 Å². The Morgan fingerprint density at radius 1 is 1.30 bits per heavy atom. The molecule has 5 amide bonds. The molecule has 1 unspecified atom stereocenters. The summed E-state index contributed by atoms with van der Waals surface area (Å²) in [5.41, 5.74) is 5.66. The number of rotatable bonds is 7. The van der Waals surface area contributed by atoms with Gasteiger partial charge in [0.2, 0.25) is 11.8 Å². The first-order chi connectivity index (χ1) is 14.3. The molecule has 9 heteroatoms. The molecule has 8 nitrogen and oxygen atoms in total. The third kappa shape index (κ3) is 3.68. The number of primary amides is 1. The number of nitrogens with two attached hydrogens (primary N) is 1. The minimum Gasteiger partial charge on any atom is -0.366 e. The van der Waals surface area contributed by atoms with Crippen LogP contribution in [0.2, 0.25) is 0 Å². The van der Waals surface area contributed by atoms with Crippen LogP contribution in [0, 0.1) is 0 Å². The van der Waals surface area contributed by atoms with Crippen LogP contribution in [0.5, 0.6) is 0 Å². The highest BCUT2D eigenvalue weighted by atomic mass is 32.1. The van der Waals surface area contributed by atoms with Crippen LogP contribution in [0.1, 0.15) is 41.3 Å². The molecule has 2 aliphatic rings. The van der Waals surface area contributed by atoms with E-state index >= 15 is 0 Å². The largest absolute Gasteiger partial charge is 0.366 e. The molecule has 0 radical (unpaired) electrons. The van der Waals surface area contributed by atoms with E-state index in [1.807, 2.05) is 16.8 Å². The van der Waals surface area contributed by atoms with Gasteiger partial charge < -0.3 is 16.0 Å². The van der Waals surface area contributed by atoms with Crippen molar-refractivity contribution in [2.45, 2.75) is 37.9 Å². The molecule has 156 valence electrons. The van der Waals surface area contributed by atoms with Crippen molar-refractivity contribution >= 4 is 35.1 Å². The third-order valence-corrected chi connectivity index (χ3v) is 6.27. The van der Waals surface area contributed by atoms with Gasteiger partial charge in [-0.1, -0.05) is 12.1 Å². The Morgan fingerprint density at radius 2 is 2.07 bits per heavy atom. The molecule has 1 aromatic heterocycles. The lowest BCUT2D eigenvalue weighted by Gasteiger charge is -2.25. The van der Waals surface area contributed by atoms with Crippen molar-refractivity contribution in [3.05, 3.63) is 57.8 Å². The topological polar surface area (TPSA) is 113 Å². The number of thiophene rings is 1. The zero-order valence-corrected chi connectivity index (χ0v) is 17.3. The van der Waals surface area contributed by atoms with Gasteiger partial charge in [-0.25, -0.2) is 4.79 Å². The van der Waals surface area contributed by atoms with Gasteiger partial charge in [-0.15, -0.1) is 0 Å². The maximum atomic E-state index is 13.1. The summed E-state index contributed by atoms with van der Waals surface area (Å²) in [7, 11) is 0. The van der Waals surface area contributed by atoms with E-state index in [0.717, 1.165) is 23.3 Å². The summed E-state index contributed by atoms with van der Waals surface area (Å²) in [6, 6.07) is 7.74. The van der Waals surface area contributed by atoms with E-state index in [1.165, 1.54) is 12.1 Å². The van der Waals surface area contributed by atoms with Crippen LogP contribution in [0.3, 0.4) is 0 Å². The fourth-order valence-electron chi connectivity index (χ4n) is 3.63. The van der Waals surface area contributed by atoms with E-state index in [0.29, 0.717) is 12.1 Å². The molecule has 0 bridgehead atoms. The fraction of sp³-hybridized carbons (Fsp3) is 0.333. The van der Waals surface area contributed by atoms with Crippen LogP contribution in [0.4, 0.5) is 4.79 Å².